The van der Waals surface area contributed by atoms with Crippen LogP contribution in [0, 0.1) is 6.92 Å². The first-order valence-corrected chi connectivity index (χ1v) is 11.9. The van der Waals surface area contributed by atoms with Crippen LogP contribution in [0.2, 0.25) is 5.02 Å². The van der Waals surface area contributed by atoms with Crippen LogP contribution in [0.5, 0.6) is 5.75 Å². The number of halogens is 1. The van der Waals surface area contributed by atoms with Gasteiger partial charge in [0.2, 0.25) is 15.9 Å². The molecular formula is C24H23ClN2O5S. The lowest BCUT2D eigenvalue weighted by Gasteiger charge is -2.17. The van der Waals surface area contributed by atoms with E-state index in [9.17, 15) is 18.0 Å². The molecule has 0 fully saturated rings. The third kappa shape index (κ3) is 5.78. The van der Waals surface area contributed by atoms with E-state index in [1.54, 1.807) is 49.4 Å². The Kier molecular flexibility index (Phi) is 7.53. The van der Waals surface area contributed by atoms with Crippen LogP contribution < -0.4 is 14.8 Å². The number of carbonyl (C=O) groups is 2. The Labute approximate surface area is 197 Å². The van der Waals surface area contributed by atoms with Gasteiger partial charge in [0, 0.05) is 16.1 Å². The zero-order chi connectivity index (χ0) is 24.2. The molecule has 3 aromatic rings. The van der Waals surface area contributed by atoms with Crippen LogP contribution >= 0.6 is 11.6 Å². The van der Waals surface area contributed by atoms with Crippen molar-refractivity contribution in [3.63, 3.8) is 0 Å². The van der Waals surface area contributed by atoms with Gasteiger partial charge in [-0.15, -0.1) is 0 Å². The van der Waals surface area contributed by atoms with Crippen molar-refractivity contribution in [3.05, 3.63) is 88.4 Å². The van der Waals surface area contributed by atoms with E-state index in [0.717, 1.165) is 5.56 Å². The molecule has 0 spiro atoms. The van der Waals surface area contributed by atoms with Crippen molar-refractivity contribution in [1.82, 2.24) is 4.72 Å². The van der Waals surface area contributed by atoms with Gasteiger partial charge in [-0.2, -0.15) is 4.72 Å². The largest absolute Gasteiger partial charge is 0.495 e. The van der Waals surface area contributed by atoms with Gasteiger partial charge in [-0.05, 0) is 49.7 Å². The van der Waals surface area contributed by atoms with Gasteiger partial charge in [-0.3, -0.25) is 9.59 Å². The summed E-state index contributed by atoms with van der Waals surface area (Å²) in [6.07, 6.45) is 0. The zero-order valence-corrected chi connectivity index (χ0v) is 19.8. The van der Waals surface area contributed by atoms with Gasteiger partial charge in [0.15, 0.2) is 5.78 Å². The molecule has 0 aliphatic carbocycles. The topological polar surface area (TPSA) is 102 Å². The van der Waals surface area contributed by atoms with Crippen LogP contribution in [0.3, 0.4) is 0 Å². The Morgan fingerprint density at radius 2 is 1.70 bits per heavy atom. The number of hydrogen-bond donors (Lipinski definition) is 2. The van der Waals surface area contributed by atoms with E-state index in [0.29, 0.717) is 10.6 Å². The van der Waals surface area contributed by atoms with E-state index in [2.05, 4.69) is 10.0 Å². The van der Waals surface area contributed by atoms with Crippen molar-refractivity contribution in [1.29, 1.82) is 0 Å². The molecule has 0 heterocycles. The smallest absolute Gasteiger partial charge is 0.244 e. The van der Waals surface area contributed by atoms with E-state index < -0.39 is 22.0 Å². The van der Waals surface area contributed by atoms with Gasteiger partial charge in [-0.25, -0.2) is 8.42 Å². The van der Waals surface area contributed by atoms with E-state index in [-0.39, 0.29) is 27.7 Å². The minimum Gasteiger partial charge on any atom is -0.495 e. The predicted molar refractivity (Wildman–Crippen MR) is 127 cm³/mol. The number of aryl methyl sites for hydroxylation is 1. The highest BCUT2D eigenvalue weighted by atomic mass is 35.5. The molecule has 0 bridgehead atoms. The van der Waals surface area contributed by atoms with Gasteiger partial charge in [0.25, 0.3) is 0 Å². The average molecular weight is 487 g/mol. The summed E-state index contributed by atoms with van der Waals surface area (Å²) in [4.78, 5) is 25.7. The maximum Gasteiger partial charge on any atom is 0.244 e. The molecule has 1 amide bonds. The number of methoxy groups -OCH3 is 1. The SMILES string of the molecule is COc1ccc(C)cc1S(=O)(=O)N[C@@H](C)C(=O)Nc1ccc(Cl)cc1C(=O)c1ccccc1. The molecule has 0 radical (unpaired) electrons. The number of sulfonamides is 1. The van der Waals surface area contributed by atoms with Crippen molar-refractivity contribution in [2.24, 2.45) is 0 Å². The molecule has 33 heavy (non-hydrogen) atoms. The minimum absolute atomic E-state index is 0.0731. The predicted octanol–water partition coefficient (Wildman–Crippen LogP) is 4.19. The summed E-state index contributed by atoms with van der Waals surface area (Å²) in [5, 5.41) is 2.95. The highest BCUT2D eigenvalue weighted by molar-refractivity contribution is 7.89. The Bertz CT molecular complexity index is 1290. The van der Waals surface area contributed by atoms with Crippen molar-refractivity contribution in [2.45, 2.75) is 24.8 Å². The molecule has 1 atom stereocenters. The first kappa shape index (κ1) is 24.4. The van der Waals surface area contributed by atoms with Crippen LogP contribution in [-0.4, -0.2) is 33.3 Å². The third-order valence-electron chi connectivity index (χ3n) is 4.85. The number of rotatable bonds is 8. The van der Waals surface area contributed by atoms with Crippen molar-refractivity contribution in [3.8, 4) is 5.75 Å². The number of ether oxygens (including phenoxy) is 1. The average Bonchev–Trinajstić information content (AvgIpc) is 2.80. The lowest BCUT2D eigenvalue weighted by atomic mass is 10.0. The van der Waals surface area contributed by atoms with Gasteiger partial charge < -0.3 is 10.1 Å². The van der Waals surface area contributed by atoms with E-state index >= 15 is 0 Å². The van der Waals surface area contributed by atoms with Crippen LogP contribution in [0.4, 0.5) is 5.69 Å². The lowest BCUT2D eigenvalue weighted by molar-refractivity contribution is -0.117. The molecule has 3 aromatic carbocycles. The molecule has 2 N–H and O–H groups in total. The molecule has 0 saturated heterocycles. The number of nitrogens with one attached hydrogen (secondary N) is 2. The normalized spacial score (nSPS) is 12.1. The summed E-state index contributed by atoms with van der Waals surface area (Å²) < 4.78 is 33.3. The molecule has 0 saturated carbocycles. The fourth-order valence-corrected chi connectivity index (χ4v) is 4.77. The Balaban J connectivity index is 1.83. The van der Waals surface area contributed by atoms with Crippen LogP contribution in [-0.2, 0) is 14.8 Å². The second-order valence-corrected chi connectivity index (χ2v) is 9.49. The molecule has 7 nitrogen and oxygen atoms in total. The second-order valence-electron chi connectivity index (χ2n) is 7.37. The molecule has 3 rings (SSSR count). The number of benzene rings is 3. The zero-order valence-electron chi connectivity index (χ0n) is 18.3. The summed E-state index contributed by atoms with van der Waals surface area (Å²) in [6.45, 7) is 3.16. The quantitative estimate of drug-likeness (QED) is 0.465. The minimum atomic E-state index is -4.06. The number of hydrogen-bond acceptors (Lipinski definition) is 5. The maximum absolute atomic E-state index is 13.0. The number of amides is 1. The molecular weight excluding hydrogens is 464 g/mol. The number of anilines is 1. The maximum atomic E-state index is 13.0. The fourth-order valence-electron chi connectivity index (χ4n) is 3.14. The number of ketones is 1. The summed E-state index contributed by atoms with van der Waals surface area (Å²) in [5.74, 6) is -0.810. The first-order chi connectivity index (χ1) is 15.6. The Morgan fingerprint density at radius 1 is 1.00 bits per heavy atom. The van der Waals surface area contributed by atoms with Crippen LogP contribution in [0.25, 0.3) is 0 Å². The summed E-state index contributed by atoms with van der Waals surface area (Å²) in [6, 6.07) is 16.6. The summed E-state index contributed by atoms with van der Waals surface area (Å²) in [5.41, 5.74) is 1.56. The molecule has 0 aromatic heterocycles. The van der Waals surface area contributed by atoms with Crippen molar-refractivity contribution < 1.29 is 22.7 Å². The number of carbonyl (C=O) groups excluding carboxylic acids is 2. The molecule has 9 heteroatoms. The van der Waals surface area contributed by atoms with E-state index in [4.69, 9.17) is 16.3 Å². The standard InChI is InChI=1S/C24H23ClN2O5S/c1-15-9-12-21(32-3)22(13-15)33(30,31)27-16(2)24(29)26-20-11-10-18(25)14-19(20)23(28)17-7-5-4-6-8-17/h4-14,16,27H,1-3H3,(H,26,29)/t16-/m0/s1. The van der Waals surface area contributed by atoms with Crippen LogP contribution in [0.1, 0.15) is 28.4 Å². The second kappa shape index (κ2) is 10.2. The van der Waals surface area contributed by atoms with Gasteiger partial charge in [0.1, 0.15) is 10.6 Å². The van der Waals surface area contributed by atoms with Gasteiger partial charge in [0.05, 0.1) is 18.8 Å². The lowest BCUT2D eigenvalue weighted by Crippen LogP contribution is -2.41. The van der Waals surface area contributed by atoms with Crippen molar-refractivity contribution >= 4 is 39.0 Å². The molecule has 0 aliphatic rings. The first-order valence-electron chi connectivity index (χ1n) is 9.99. The third-order valence-corrected chi connectivity index (χ3v) is 6.65. The van der Waals surface area contributed by atoms with Crippen molar-refractivity contribution in [2.75, 3.05) is 12.4 Å². The highest BCUT2D eigenvalue weighted by Crippen LogP contribution is 2.26. The van der Waals surface area contributed by atoms with Gasteiger partial charge >= 0.3 is 0 Å². The summed E-state index contributed by atoms with van der Waals surface area (Å²) >= 11 is 6.08. The Hall–Kier alpha value is -3.20. The summed E-state index contributed by atoms with van der Waals surface area (Å²) in [7, 11) is -2.70. The van der Waals surface area contributed by atoms with Crippen LogP contribution in [0.15, 0.2) is 71.6 Å². The van der Waals surface area contributed by atoms with Gasteiger partial charge in [-0.1, -0.05) is 48.0 Å². The van der Waals surface area contributed by atoms with E-state index in [1.807, 2.05) is 0 Å². The monoisotopic (exact) mass is 486 g/mol. The molecule has 172 valence electrons. The molecule has 0 unspecified atom stereocenters. The van der Waals surface area contributed by atoms with E-state index in [1.165, 1.54) is 38.3 Å². The Morgan fingerprint density at radius 3 is 2.36 bits per heavy atom. The fraction of sp³-hybridized carbons (Fsp3) is 0.167. The molecule has 0 aliphatic heterocycles. The highest BCUT2D eigenvalue weighted by Gasteiger charge is 2.26.